The summed E-state index contributed by atoms with van der Waals surface area (Å²) in [6.45, 7) is -0.556. The van der Waals surface area contributed by atoms with E-state index in [2.05, 4.69) is 4.28 Å². The molecule has 19 heavy (non-hydrogen) atoms. The van der Waals surface area contributed by atoms with Gasteiger partial charge in [0.2, 0.25) is 5.91 Å². The predicted octanol–water partition coefficient (Wildman–Crippen LogP) is -2.39. The lowest BCUT2D eigenvalue weighted by Crippen LogP contribution is -2.49. The van der Waals surface area contributed by atoms with Crippen molar-refractivity contribution >= 4 is 22.3 Å². The molecule has 0 aromatic heterocycles. The average Bonchev–Trinajstić information content (AvgIpc) is 2.52. The second kappa shape index (κ2) is 4.45. The van der Waals surface area contributed by atoms with Crippen LogP contribution in [0.3, 0.4) is 0 Å². The van der Waals surface area contributed by atoms with Crippen LogP contribution in [0.2, 0.25) is 0 Å². The lowest BCUT2D eigenvalue weighted by molar-refractivity contribution is -0.121. The molecule has 0 spiro atoms. The fourth-order valence-electron chi connectivity index (χ4n) is 2.16. The predicted molar refractivity (Wildman–Crippen MR) is 58.5 cm³/mol. The van der Waals surface area contributed by atoms with Crippen LogP contribution in [0.15, 0.2) is 11.6 Å². The molecule has 0 radical (unpaired) electrons. The molecule has 2 aliphatic heterocycles. The molecule has 0 aromatic carbocycles. The molecule has 1 fully saturated rings. The van der Waals surface area contributed by atoms with Crippen molar-refractivity contribution in [2.75, 3.05) is 13.2 Å². The largest absolute Gasteiger partial charge is 0.418 e. The van der Waals surface area contributed by atoms with Gasteiger partial charge in [-0.25, -0.2) is 4.79 Å². The van der Waals surface area contributed by atoms with Gasteiger partial charge in [-0.3, -0.25) is 9.35 Å². The standard InChI is InChI=1S/C8H11N3O7S/c9-7(13)6-4(3-12)1-5-2-10(6)8(14)11(5)18-19(15,16)17/h1,5-6,12H,2-3H2,(H2,9,13)(H,15,16,17). The summed E-state index contributed by atoms with van der Waals surface area (Å²) in [5.74, 6) is -0.860. The third kappa shape index (κ3) is 2.40. The normalized spacial score (nSPS) is 26.6. The van der Waals surface area contributed by atoms with E-state index in [9.17, 15) is 18.0 Å². The van der Waals surface area contributed by atoms with Crippen molar-refractivity contribution < 1.29 is 31.9 Å². The molecule has 106 valence electrons. The number of aliphatic hydroxyl groups is 1. The van der Waals surface area contributed by atoms with Crippen LogP contribution < -0.4 is 5.73 Å². The molecular formula is C8H11N3O7S. The molecule has 0 saturated carbocycles. The van der Waals surface area contributed by atoms with Crippen molar-refractivity contribution in [1.82, 2.24) is 9.96 Å². The molecule has 0 aliphatic carbocycles. The zero-order chi connectivity index (χ0) is 14.4. The fourth-order valence-corrected chi connectivity index (χ4v) is 2.54. The van der Waals surface area contributed by atoms with Crippen molar-refractivity contribution in [3.63, 3.8) is 0 Å². The fraction of sp³-hybridized carbons (Fsp3) is 0.500. The molecule has 0 aromatic rings. The Kier molecular flexibility index (Phi) is 3.22. The number of rotatable bonds is 4. The molecule has 11 heteroatoms. The Labute approximate surface area is 107 Å². The molecule has 2 atom stereocenters. The first-order valence-corrected chi connectivity index (χ1v) is 6.48. The third-order valence-corrected chi connectivity index (χ3v) is 3.16. The highest BCUT2D eigenvalue weighted by Crippen LogP contribution is 2.29. The highest BCUT2D eigenvalue weighted by molar-refractivity contribution is 7.80. The van der Waals surface area contributed by atoms with Crippen molar-refractivity contribution in [2.24, 2.45) is 5.73 Å². The van der Waals surface area contributed by atoms with Crippen molar-refractivity contribution in [1.29, 1.82) is 0 Å². The summed E-state index contributed by atoms with van der Waals surface area (Å²) in [5, 5.41) is 9.55. The minimum Gasteiger partial charge on any atom is -0.392 e. The maximum Gasteiger partial charge on any atom is 0.418 e. The minimum atomic E-state index is -4.87. The SMILES string of the molecule is NC(=O)C1C(CO)=CC2CN1C(=O)N2OS(=O)(=O)O. The average molecular weight is 293 g/mol. The second-order valence-electron chi connectivity index (χ2n) is 4.03. The summed E-state index contributed by atoms with van der Waals surface area (Å²) < 4.78 is 34.0. The summed E-state index contributed by atoms with van der Waals surface area (Å²) in [5.41, 5.74) is 5.31. The van der Waals surface area contributed by atoms with Crippen molar-refractivity contribution in [2.45, 2.75) is 12.1 Å². The highest BCUT2D eigenvalue weighted by Gasteiger charge is 2.49. The maximum atomic E-state index is 11.9. The lowest BCUT2D eigenvalue weighted by atomic mass is 9.99. The molecule has 2 aliphatic rings. The number of urea groups is 1. The Morgan fingerprint density at radius 1 is 1.58 bits per heavy atom. The molecule has 2 unspecified atom stereocenters. The van der Waals surface area contributed by atoms with Crippen LogP contribution in [-0.2, 0) is 19.5 Å². The second-order valence-corrected chi connectivity index (χ2v) is 5.04. The molecule has 4 N–H and O–H groups in total. The monoisotopic (exact) mass is 293 g/mol. The Morgan fingerprint density at radius 3 is 2.68 bits per heavy atom. The molecule has 10 nitrogen and oxygen atoms in total. The van der Waals surface area contributed by atoms with Crippen molar-refractivity contribution in [3.05, 3.63) is 11.6 Å². The van der Waals surface area contributed by atoms with Crippen LogP contribution >= 0.6 is 0 Å². The van der Waals surface area contributed by atoms with Gasteiger partial charge in [0.25, 0.3) is 0 Å². The van der Waals surface area contributed by atoms with Crippen molar-refractivity contribution in [3.8, 4) is 0 Å². The number of hydrogen-bond donors (Lipinski definition) is 3. The van der Waals surface area contributed by atoms with Crippen LogP contribution in [0.1, 0.15) is 0 Å². The first kappa shape index (κ1) is 13.7. The Balaban J connectivity index is 2.36. The van der Waals surface area contributed by atoms with Gasteiger partial charge in [0.15, 0.2) is 0 Å². The van der Waals surface area contributed by atoms with E-state index in [0.29, 0.717) is 5.06 Å². The number of primary amides is 1. The van der Waals surface area contributed by atoms with E-state index in [1.54, 1.807) is 0 Å². The summed E-state index contributed by atoms with van der Waals surface area (Å²) in [6, 6.07) is -2.94. The van der Waals surface area contributed by atoms with Gasteiger partial charge in [0, 0.05) is 0 Å². The minimum absolute atomic E-state index is 0.0362. The molecule has 3 amide bonds. The summed E-state index contributed by atoms with van der Waals surface area (Å²) in [6.07, 6.45) is 1.31. The summed E-state index contributed by atoms with van der Waals surface area (Å²) in [7, 11) is -4.87. The number of carbonyl (C=O) groups excluding carboxylic acids is 2. The van der Waals surface area contributed by atoms with E-state index in [1.165, 1.54) is 6.08 Å². The van der Waals surface area contributed by atoms with Gasteiger partial charge in [-0.1, -0.05) is 6.08 Å². The third-order valence-electron chi connectivity index (χ3n) is 2.82. The van der Waals surface area contributed by atoms with E-state index in [1.807, 2.05) is 0 Å². The van der Waals surface area contributed by atoms with Gasteiger partial charge in [-0.2, -0.15) is 13.5 Å². The molecular weight excluding hydrogens is 282 g/mol. The van der Waals surface area contributed by atoms with Gasteiger partial charge in [-0.05, 0) is 5.57 Å². The van der Waals surface area contributed by atoms with E-state index in [-0.39, 0.29) is 12.1 Å². The van der Waals surface area contributed by atoms with Crippen LogP contribution in [0.5, 0.6) is 0 Å². The molecule has 1 saturated heterocycles. The van der Waals surface area contributed by atoms with Crippen LogP contribution in [-0.4, -0.2) is 65.2 Å². The van der Waals surface area contributed by atoms with Gasteiger partial charge in [0.1, 0.15) is 6.04 Å². The maximum absolute atomic E-state index is 11.9. The zero-order valence-corrected chi connectivity index (χ0v) is 10.3. The topological polar surface area (TPSA) is 150 Å². The number of fused-ring (bicyclic) bond motifs is 2. The Bertz CT molecular complexity index is 557. The van der Waals surface area contributed by atoms with E-state index >= 15 is 0 Å². The zero-order valence-electron chi connectivity index (χ0n) is 9.46. The van der Waals surface area contributed by atoms with E-state index in [0.717, 1.165) is 4.90 Å². The number of nitrogens with zero attached hydrogens (tertiary/aromatic N) is 2. The number of hydroxylamine groups is 2. The Morgan fingerprint density at radius 2 is 2.21 bits per heavy atom. The summed E-state index contributed by atoms with van der Waals surface area (Å²) >= 11 is 0. The van der Waals surface area contributed by atoms with Crippen LogP contribution in [0.4, 0.5) is 4.79 Å². The summed E-state index contributed by atoms with van der Waals surface area (Å²) in [4.78, 5) is 24.1. The van der Waals surface area contributed by atoms with Gasteiger partial charge in [0.05, 0.1) is 19.2 Å². The van der Waals surface area contributed by atoms with Gasteiger partial charge < -0.3 is 15.7 Å². The van der Waals surface area contributed by atoms with Crippen LogP contribution in [0, 0.1) is 0 Å². The highest BCUT2D eigenvalue weighted by atomic mass is 32.3. The number of amides is 3. The lowest BCUT2D eigenvalue weighted by Gasteiger charge is -2.28. The van der Waals surface area contributed by atoms with E-state index in [4.69, 9.17) is 15.4 Å². The quantitative estimate of drug-likeness (QED) is 0.386. The molecule has 2 heterocycles. The van der Waals surface area contributed by atoms with Gasteiger partial charge in [-0.15, -0.1) is 4.28 Å². The number of aliphatic hydroxyl groups excluding tert-OH is 1. The number of carbonyl (C=O) groups is 2. The molecule has 2 bridgehead atoms. The van der Waals surface area contributed by atoms with E-state index < -0.39 is 41.0 Å². The molecule has 2 rings (SSSR count). The Hall–Kier alpha value is -1.69. The first-order chi connectivity index (χ1) is 8.74. The van der Waals surface area contributed by atoms with Crippen LogP contribution in [0.25, 0.3) is 0 Å². The van der Waals surface area contributed by atoms with Gasteiger partial charge >= 0.3 is 16.4 Å². The number of hydrogen-bond acceptors (Lipinski definition) is 6. The number of nitrogens with two attached hydrogens (primary N) is 1. The first-order valence-electron chi connectivity index (χ1n) is 5.12. The smallest absolute Gasteiger partial charge is 0.392 e.